The maximum atomic E-state index is 6.07. The minimum atomic E-state index is -0.0724. The van der Waals surface area contributed by atoms with E-state index in [1.54, 1.807) is 0 Å². The highest BCUT2D eigenvalue weighted by atomic mass is 16.5. The summed E-state index contributed by atoms with van der Waals surface area (Å²) >= 11 is 0. The highest BCUT2D eigenvalue weighted by Gasteiger charge is 2.07. The molecule has 3 heteroatoms. The number of ether oxygens (including phenoxy) is 2. The first-order valence-corrected chi connectivity index (χ1v) is 6.59. The van der Waals surface area contributed by atoms with Crippen molar-refractivity contribution in [3.63, 3.8) is 0 Å². The van der Waals surface area contributed by atoms with Crippen molar-refractivity contribution < 1.29 is 9.47 Å². The number of hydrogen-bond acceptors (Lipinski definition) is 3. The normalized spacial score (nSPS) is 13.1. The SMILES string of the molecule is CC(C)COCC(N)c1ccc(OC(C)C)cc1. The van der Waals surface area contributed by atoms with Gasteiger partial charge in [-0.25, -0.2) is 0 Å². The zero-order valence-corrected chi connectivity index (χ0v) is 11.8. The lowest BCUT2D eigenvalue weighted by atomic mass is 10.1. The fourth-order valence-corrected chi connectivity index (χ4v) is 1.59. The monoisotopic (exact) mass is 251 g/mol. The third-order valence-electron chi connectivity index (χ3n) is 2.43. The van der Waals surface area contributed by atoms with Gasteiger partial charge in [-0.3, -0.25) is 0 Å². The van der Waals surface area contributed by atoms with Gasteiger partial charge in [0.25, 0.3) is 0 Å². The van der Waals surface area contributed by atoms with Crippen LogP contribution in [0.3, 0.4) is 0 Å². The van der Waals surface area contributed by atoms with Gasteiger partial charge in [0.15, 0.2) is 0 Å². The molecule has 2 N–H and O–H groups in total. The molecule has 1 aromatic carbocycles. The Morgan fingerprint density at radius 2 is 1.61 bits per heavy atom. The van der Waals surface area contributed by atoms with Crippen molar-refractivity contribution in [2.24, 2.45) is 11.7 Å². The Labute approximate surface area is 110 Å². The highest BCUT2D eigenvalue weighted by molar-refractivity contribution is 5.29. The summed E-state index contributed by atoms with van der Waals surface area (Å²) in [6.45, 7) is 9.59. The van der Waals surface area contributed by atoms with Gasteiger partial charge >= 0.3 is 0 Å². The first-order valence-electron chi connectivity index (χ1n) is 6.59. The predicted molar refractivity (Wildman–Crippen MR) is 74.8 cm³/mol. The van der Waals surface area contributed by atoms with Crippen LogP contribution in [-0.4, -0.2) is 19.3 Å². The minimum absolute atomic E-state index is 0.0724. The van der Waals surface area contributed by atoms with E-state index in [9.17, 15) is 0 Å². The van der Waals surface area contributed by atoms with Crippen LogP contribution in [0, 0.1) is 5.92 Å². The van der Waals surface area contributed by atoms with Crippen LogP contribution < -0.4 is 10.5 Å². The van der Waals surface area contributed by atoms with Crippen molar-refractivity contribution in [1.29, 1.82) is 0 Å². The fourth-order valence-electron chi connectivity index (χ4n) is 1.59. The topological polar surface area (TPSA) is 44.5 Å². The fraction of sp³-hybridized carbons (Fsp3) is 0.600. The van der Waals surface area contributed by atoms with Gasteiger partial charge in [-0.1, -0.05) is 26.0 Å². The predicted octanol–water partition coefficient (Wildman–Crippen LogP) is 3.15. The van der Waals surface area contributed by atoms with Crippen LogP contribution in [0.5, 0.6) is 5.75 Å². The average Bonchev–Trinajstić information content (AvgIpc) is 2.28. The standard InChI is InChI=1S/C15H25NO2/c1-11(2)9-17-10-15(16)13-5-7-14(8-6-13)18-12(3)4/h5-8,11-12,15H,9-10,16H2,1-4H3. The van der Waals surface area contributed by atoms with Crippen molar-refractivity contribution in [3.8, 4) is 5.75 Å². The Balaban J connectivity index is 2.46. The van der Waals surface area contributed by atoms with E-state index in [1.165, 1.54) is 0 Å². The molecule has 18 heavy (non-hydrogen) atoms. The summed E-state index contributed by atoms with van der Waals surface area (Å²) in [7, 11) is 0. The van der Waals surface area contributed by atoms with E-state index in [1.807, 2.05) is 38.1 Å². The van der Waals surface area contributed by atoms with Crippen LogP contribution in [0.25, 0.3) is 0 Å². The first-order chi connectivity index (χ1) is 8.49. The third kappa shape index (κ3) is 5.52. The van der Waals surface area contributed by atoms with Gasteiger partial charge in [0.05, 0.1) is 18.8 Å². The summed E-state index contributed by atoms with van der Waals surface area (Å²) in [4.78, 5) is 0. The molecule has 0 aromatic heterocycles. The smallest absolute Gasteiger partial charge is 0.119 e. The minimum Gasteiger partial charge on any atom is -0.491 e. The lowest BCUT2D eigenvalue weighted by Gasteiger charge is -2.15. The molecule has 0 aliphatic carbocycles. The molecule has 1 unspecified atom stereocenters. The number of benzene rings is 1. The summed E-state index contributed by atoms with van der Waals surface area (Å²) in [6, 6.07) is 7.84. The Kier molecular flexibility index (Phi) is 6.16. The van der Waals surface area contributed by atoms with E-state index in [0.29, 0.717) is 12.5 Å². The van der Waals surface area contributed by atoms with Gasteiger partial charge in [-0.15, -0.1) is 0 Å². The van der Waals surface area contributed by atoms with E-state index < -0.39 is 0 Å². The lowest BCUT2D eigenvalue weighted by Crippen LogP contribution is -2.18. The Hall–Kier alpha value is -1.06. The van der Waals surface area contributed by atoms with Crippen molar-refractivity contribution in [2.45, 2.75) is 39.8 Å². The van der Waals surface area contributed by atoms with Crippen molar-refractivity contribution in [3.05, 3.63) is 29.8 Å². The summed E-state index contributed by atoms with van der Waals surface area (Å²) in [6.07, 6.45) is 0.193. The van der Waals surface area contributed by atoms with Gasteiger partial charge in [0.1, 0.15) is 5.75 Å². The number of hydrogen-bond donors (Lipinski definition) is 1. The second-order valence-electron chi connectivity index (χ2n) is 5.27. The van der Waals surface area contributed by atoms with E-state index in [2.05, 4.69) is 13.8 Å². The zero-order valence-electron chi connectivity index (χ0n) is 11.8. The molecule has 0 aliphatic rings. The van der Waals surface area contributed by atoms with E-state index >= 15 is 0 Å². The molecule has 0 heterocycles. The quantitative estimate of drug-likeness (QED) is 0.809. The molecular weight excluding hydrogens is 226 g/mol. The van der Waals surface area contributed by atoms with Crippen molar-refractivity contribution in [1.82, 2.24) is 0 Å². The number of rotatable bonds is 7. The molecule has 102 valence electrons. The molecule has 0 fully saturated rings. The van der Waals surface area contributed by atoms with Crippen LogP contribution in [-0.2, 0) is 4.74 Å². The molecule has 1 rings (SSSR count). The van der Waals surface area contributed by atoms with Crippen LogP contribution >= 0.6 is 0 Å². The maximum absolute atomic E-state index is 6.07. The Morgan fingerprint density at radius 3 is 2.11 bits per heavy atom. The summed E-state index contributed by atoms with van der Waals surface area (Å²) in [5.41, 5.74) is 7.15. The van der Waals surface area contributed by atoms with Gasteiger partial charge in [-0.2, -0.15) is 0 Å². The molecule has 1 aromatic rings. The summed E-state index contributed by atoms with van der Waals surface area (Å²) in [5.74, 6) is 1.42. The summed E-state index contributed by atoms with van der Waals surface area (Å²) < 4.78 is 11.1. The number of nitrogens with two attached hydrogens (primary N) is 1. The molecule has 0 spiro atoms. The van der Waals surface area contributed by atoms with E-state index in [0.717, 1.165) is 17.9 Å². The van der Waals surface area contributed by atoms with Gasteiger partial charge in [0.2, 0.25) is 0 Å². The van der Waals surface area contributed by atoms with Crippen molar-refractivity contribution in [2.75, 3.05) is 13.2 Å². The lowest BCUT2D eigenvalue weighted by molar-refractivity contribution is 0.0983. The van der Waals surface area contributed by atoms with Crippen LogP contribution in [0.2, 0.25) is 0 Å². The zero-order chi connectivity index (χ0) is 13.5. The van der Waals surface area contributed by atoms with Gasteiger partial charge in [0, 0.05) is 6.61 Å². The highest BCUT2D eigenvalue weighted by Crippen LogP contribution is 2.17. The van der Waals surface area contributed by atoms with Crippen LogP contribution in [0.1, 0.15) is 39.3 Å². The van der Waals surface area contributed by atoms with Crippen LogP contribution in [0.15, 0.2) is 24.3 Å². The molecule has 0 bridgehead atoms. The molecule has 0 radical (unpaired) electrons. The molecule has 0 saturated carbocycles. The Bertz CT molecular complexity index is 333. The molecular formula is C15H25NO2. The molecule has 3 nitrogen and oxygen atoms in total. The second-order valence-corrected chi connectivity index (χ2v) is 5.27. The van der Waals surface area contributed by atoms with Gasteiger partial charge in [-0.05, 0) is 37.5 Å². The first kappa shape index (κ1) is 15.0. The summed E-state index contributed by atoms with van der Waals surface area (Å²) in [5, 5.41) is 0. The molecule has 0 saturated heterocycles. The second kappa shape index (κ2) is 7.39. The third-order valence-corrected chi connectivity index (χ3v) is 2.43. The van der Waals surface area contributed by atoms with E-state index in [4.69, 9.17) is 15.2 Å². The molecule has 0 aliphatic heterocycles. The molecule has 0 amide bonds. The van der Waals surface area contributed by atoms with Crippen LogP contribution in [0.4, 0.5) is 0 Å². The Morgan fingerprint density at radius 1 is 1.00 bits per heavy atom. The maximum Gasteiger partial charge on any atom is 0.119 e. The molecule has 1 atom stereocenters. The van der Waals surface area contributed by atoms with Crippen molar-refractivity contribution >= 4 is 0 Å². The largest absolute Gasteiger partial charge is 0.491 e. The van der Waals surface area contributed by atoms with Gasteiger partial charge < -0.3 is 15.2 Å². The van der Waals surface area contributed by atoms with E-state index in [-0.39, 0.29) is 12.1 Å². The average molecular weight is 251 g/mol.